The molecule has 1 heterocycles. The van der Waals surface area contributed by atoms with E-state index < -0.39 is 23.7 Å². The van der Waals surface area contributed by atoms with E-state index in [-0.39, 0.29) is 17.8 Å². The molecule has 0 spiro atoms. The molecule has 0 fully saturated rings. The molecule has 1 N–H and O–H groups in total. The van der Waals surface area contributed by atoms with Crippen molar-refractivity contribution < 1.29 is 18.7 Å². The van der Waals surface area contributed by atoms with E-state index in [1.54, 1.807) is 42.5 Å². The van der Waals surface area contributed by atoms with E-state index in [1.807, 2.05) is 0 Å². The van der Waals surface area contributed by atoms with E-state index in [0.717, 1.165) is 0 Å². The number of hydrogen-bond donors (Lipinski definition) is 1. The highest BCUT2D eigenvalue weighted by molar-refractivity contribution is 6.31. The lowest BCUT2D eigenvalue weighted by Gasteiger charge is -2.18. The molecule has 0 aliphatic rings. The third-order valence-electron chi connectivity index (χ3n) is 4.11. The van der Waals surface area contributed by atoms with E-state index in [0.29, 0.717) is 10.6 Å². The first kappa shape index (κ1) is 19.6. The van der Waals surface area contributed by atoms with Crippen LogP contribution in [0.5, 0.6) is 0 Å². The molecular weight excluding hydrogens is 385 g/mol. The molecule has 144 valence electrons. The number of nitrogens with zero attached hydrogens (tertiary/aromatic N) is 2. The number of nitrogens with one attached hydrogen (secondary N) is 1. The lowest BCUT2D eigenvalue weighted by molar-refractivity contribution is -0.141. The Balaban J connectivity index is 1.83. The topological polar surface area (TPSA) is 73.2 Å². The SMILES string of the molecule is COC(=O)CC(NC(=O)c1ccn(-c2ccccc2F)n1)c1ccccc1Cl. The lowest BCUT2D eigenvalue weighted by Crippen LogP contribution is -2.31. The molecule has 8 heteroatoms. The summed E-state index contributed by atoms with van der Waals surface area (Å²) in [7, 11) is 1.27. The summed E-state index contributed by atoms with van der Waals surface area (Å²) >= 11 is 6.21. The first-order valence-electron chi connectivity index (χ1n) is 8.42. The largest absolute Gasteiger partial charge is 0.469 e. The van der Waals surface area contributed by atoms with Crippen LogP contribution >= 0.6 is 11.6 Å². The smallest absolute Gasteiger partial charge is 0.307 e. The minimum absolute atomic E-state index is 0.0742. The van der Waals surface area contributed by atoms with Crippen LogP contribution in [0.4, 0.5) is 4.39 Å². The van der Waals surface area contributed by atoms with Crippen molar-refractivity contribution in [3.8, 4) is 5.69 Å². The molecule has 1 aromatic heterocycles. The molecule has 0 bridgehead atoms. The van der Waals surface area contributed by atoms with Crippen LogP contribution in [0, 0.1) is 5.82 Å². The summed E-state index contributed by atoms with van der Waals surface area (Å²) in [5.41, 5.74) is 0.875. The molecule has 1 amide bonds. The predicted octanol–water partition coefficient (Wildman–Crippen LogP) is 3.70. The van der Waals surface area contributed by atoms with Gasteiger partial charge in [0.05, 0.1) is 19.6 Å². The maximum absolute atomic E-state index is 13.9. The van der Waals surface area contributed by atoms with Gasteiger partial charge in [-0.25, -0.2) is 9.07 Å². The number of amides is 1. The van der Waals surface area contributed by atoms with Crippen LogP contribution in [-0.2, 0) is 9.53 Å². The van der Waals surface area contributed by atoms with Crippen LogP contribution < -0.4 is 5.32 Å². The number of carbonyl (C=O) groups is 2. The molecule has 1 atom stereocenters. The molecule has 3 rings (SSSR count). The van der Waals surface area contributed by atoms with Crippen LogP contribution in [0.2, 0.25) is 5.02 Å². The number of ether oxygens (including phenoxy) is 1. The van der Waals surface area contributed by atoms with Crippen molar-refractivity contribution in [2.24, 2.45) is 0 Å². The normalized spacial score (nSPS) is 11.7. The molecular formula is C20H17ClFN3O3. The Hall–Kier alpha value is -3.19. The maximum Gasteiger partial charge on any atom is 0.307 e. The van der Waals surface area contributed by atoms with E-state index >= 15 is 0 Å². The van der Waals surface area contributed by atoms with Gasteiger partial charge in [-0.15, -0.1) is 0 Å². The molecule has 0 aliphatic heterocycles. The summed E-state index contributed by atoms with van der Waals surface area (Å²) in [6.07, 6.45) is 1.39. The molecule has 2 aromatic carbocycles. The number of halogens is 2. The van der Waals surface area contributed by atoms with Crippen LogP contribution in [-0.4, -0.2) is 28.8 Å². The van der Waals surface area contributed by atoms with Gasteiger partial charge in [-0.05, 0) is 29.8 Å². The van der Waals surface area contributed by atoms with Crippen molar-refractivity contribution in [2.45, 2.75) is 12.5 Å². The van der Waals surface area contributed by atoms with Crippen LogP contribution in [0.15, 0.2) is 60.8 Å². The van der Waals surface area contributed by atoms with E-state index in [2.05, 4.69) is 10.4 Å². The second-order valence-electron chi connectivity index (χ2n) is 5.92. The third-order valence-corrected chi connectivity index (χ3v) is 4.45. The standard InChI is InChI=1S/C20H17ClFN3O3/c1-28-19(26)12-17(13-6-2-3-7-14(13)21)23-20(27)16-10-11-25(24-16)18-9-5-4-8-15(18)22/h2-11,17H,12H2,1H3,(H,23,27). The van der Waals surface area contributed by atoms with Crippen LogP contribution in [0.3, 0.4) is 0 Å². The van der Waals surface area contributed by atoms with Crippen molar-refractivity contribution in [2.75, 3.05) is 7.11 Å². The molecule has 0 saturated heterocycles. The van der Waals surface area contributed by atoms with Gasteiger partial charge in [0, 0.05) is 11.2 Å². The molecule has 0 saturated carbocycles. The van der Waals surface area contributed by atoms with E-state index in [4.69, 9.17) is 16.3 Å². The zero-order chi connectivity index (χ0) is 20.1. The van der Waals surface area contributed by atoms with Gasteiger partial charge < -0.3 is 10.1 Å². The maximum atomic E-state index is 13.9. The van der Waals surface area contributed by atoms with Gasteiger partial charge in [-0.3, -0.25) is 9.59 Å². The lowest BCUT2D eigenvalue weighted by atomic mass is 10.0. The summed E-state index contributed by atoms with van der Waals surface area (Å²) in [5, 5.41) is 7.28. The Kier molecular flexibility index (Phi) is 6.06. The quantitative estimate of drug-likeness (QED) is 0.639. The molecule has 28 heavy (non-hydrogen) atoms. The Morgan fingerprint density at radius 3 is 2.61 bits per heavy atom. The highest BCUT2D eigenvalue weighted by Gasteiger charge is 2.23. The number of aromatic nitrogens is 2. The number of methoxy groups -OCH3 is 1. The summed E-state index contributed by atoms with van der Waals surface area (Å²) in [6, 6.07) is 13.7. The van der Waals surface area contributed by atoms with Crippen molar-refractivity contribution in [3.63, 3.8) is 0 Å². The third kappa shape index (κ3) is 4.37. The van der Waals surface area contributed by atoms with E-state index in [1.165, 1.54) is 30.1 Å². The fourth-order valence-corrected chi connectivity index (χ4v) is 2.96. The van der Waals surface area contributed by atoms with Gasteiger partial charge in [0.2, 0.25) is 0 Å². The Morgan fingerprint density at radius 1 is 1.18 bits per heavy atom. The van der Waals surface area contributed by atoms with E-state index in [9.17, 15) is 14.0 Å². The van der Waals surface area contributed by atoms with Crippen LogP contribution in [0.25, 0.3) is 5.69 Å². The molecule has 6 nitrogen and oxygen atoms in total. The summed E-state index contributed by atoms with van der Waals surface area (Å²) in [6.45, 7) is 0. The number of benzene rings is 2. The molecule has 1 unspecified atom stereocenters. The highest BCUT2D eigenvalue weighted by Crippen LogP contribution is 2.26. The van der Waals surface area contributed by atoms with Crippen molar-refractivity contribution in [1.29, 1.82) is 0 Å². The highest BCUT2D eigenvalue weighted by atomic mass is 35.5. The zero-order valence-corrected chi connectivity index (χ0v) is 15.7. The summed E-state index contributed by atoms with van der Waals surface area (Å²) in [5.74, 6) is -1.48. The monoisotopic (exact) mass is 401 g/mol. The van der Waals surface area contributed by atoms with Crippen LogP contribution in [0.1, 0.15) is 28.5 Å². The van der Waals surface area contributed by atoms with Gasteiger partial charge in [0.1, 0.15) is 11.5 Å². The fraction of sp³-hybridized carbons (Fsp3) is 0.150. The van der Waals surface area contributed by atoms with Crippen molar-refractivity contribution >= 4 is 23.5 Å². The second kappa shape index (κ2) is 8.67. The summed E-state index contributed by atoms with van der Waals surface area (Å²) in [4.78, 5) is 24.4. The number of esters is 1. The minimum atomic E-state index is -0.702. The fourth-order valence-electron chi connectivity index (χ4n) is 2.70. The first-order chi connectivity index (χ1) is 13.5. The van der Waals surface area contributed by atoms with Crippen molar-refractivity contribution in [1.82, 2.24) is 15.1 Å². The number of carbonyl (C=O) groups excluding carboxylic acids is 2. The van der Waals surface area contributed by atoms with Gasteiger partial charge in [-0.2, -0.15) is 5.10 Å². The second-order valence-corrected chi connectivity index (χ2v) is 6.33. The Labute approximate surface area is 165 Å². The Bertz CT molecular complexity index is 1010. The van der Waals surface area contributed by atoms with Gasteiger partial charge in [0.25, 0.3) is 5.91 Å². The molecule has 0 aliphatic carbocycles. The number of para-hydroxylation sites is 1. The average molecular weight is 402 g/mol. The molecule has 3 aromatic rings. The minimum Gasteiger partial charge on any atom is -0.469 e. The zero-order valence-electron chi connectivity index (χ0n) is 14.9. The van der Waals surface area contributed by atoms with Gasteiger partial charge in [-0.1, -0.05) is 41.9 Å². The number of rotatable bonds is 6. The molecule has 0 radical (unpaired) electrons. The predicted molar refractivity (Wildman–Crippen MR) is 102 cm³/mol. The average Bonchev–Trinajstić information content (AvgIpc) is 3.18. The Morgan fingerprint density at radius 2 is 1.89 bits per heavy atom. The number of hydrogen-bond acceptors (Lipinski definition) is 4. The van der Waals surface area contributed by atoms with Gasteiger partial charge in [0.15, 0.2) is 5.69 Å². The van der Waals surface area contributed by atoms with Gasteiger partial charge >= 0.3 is 5.97 Å². The first-order valence-corrected chi connectivity index (χ1v) is 8.80. The van der Waals surface area contributed by atoms with Crippen molar-refractivity contribution in [3.05, 3.63) is 82.9 Å². The summed E-state index contributed by atoms with van der Waals surface area (Å²) < 4.78 is 19.9.